The molecule has 1 aromatic carbocycles. The van der Waals surface area contributed by atoms with E-state index >= 15 is 0 Å². The van der Waals surface area contributed by atoms with Crippen LogP contribution < -0.4 is 4.72 Å². The Labute approximate surface area is 183 Å². The van der Waals surface area contributed by atoms with Gasteiger partial charge in [-0.3, -0.25) is 4.72 Å². The number of aromatic nitrogens is 1. The monoisotopic (exact) mass is 470 g/mol. The van der Waals surface area contributed by atoms with Crippen molar-refractivity contribution in [2.45, 2.75) is 49.9 Å². The average molecular weight is 470 g/mol. The van der Waals surface area contributed by atoms with Crippen LogP contribution in [0.5, 0.6) is 0 Å². The Kier molecular flexibility index (Phi) is 6.77. The zero-order valence-electron chi connectivity index (χ0n) is 17.0. The summed E-state index contributed by atoms with van der Waals surface area (Å²) in [6, 6.07) is 7.47. The summed E-state index contributed by atoms with van der Waals surface area (Å²) in [5.74, 6) is -0.674. The van der Waals surface area contributed by atoms with Crippen molar-refractivity contribution in [3.05, 3.63) is 65.1 Å². The lowest BCUT2D eigenvalue weighted by molar-refractivity contribution is -0.147. The SMILES string of the molecule is CCC[C@H]1CC(O)=C(Cc2cccc(NS(=O)(=O)c3ccc(C(F)(F)F)cn3)c2)C(=O)O1. The molecule has 11 heteroatoms. The summed E-state index contributed by atoms with van der Waals surface area (Å²) in [7, 11) is -4.24. The van der Waals surface area contributed by atoms with Gasteiger partial charge in [0, 0.05) is 24.7 Å². The molecule has 2 aromatic rings. The molecule has 1 atom stereocenters. The molecule has 0 fully saturated rings. The van der Waals surface area contributed by atoms with Gasteiger partial charge in [-0.15, -0.1) is 0 Å². The predicted molar refractivity (Wildman–Crippen MR) is 109 cm³/mol. The number of halogens is 3. The number of rotatable bonds is 7. The molecular formula is C21H21F3N2O5S. The molecule has 0 radical (unpaired) electrons. The summed E-state index contributed by atoms with van der Waals surface area (Å²) < 4.78 is 70.5. The number of hydrogen-bond acceptors (Lipinski definition) is 6. The summed E-state index contributed by atoms with van der Waals surface area (Å²) in [4.78, 5) is 15.6. The highest BCUT2D eigenvalue weighted by Gasteiger charge is 2.31. The van der Waals surface area contributed by atoms with Gasteiger partial charge in [0.1, 0.15) is 11.9 Å². The second kappa shape index (κ2) is 9.19. The van der Waals surface area contributed by atoms with Crippen LogP contribution in [0.4, 0.5) is 18.9 Å². The summed E-state index contributed by atoms with van der Waals surface area (Å²) in [6.07, 6.45) is -2.87. The van der Waals surface area contributed by atoms with E-state index in [9.17, 15) is 31.5 Å². The molecule has 172 valence electrons. The number of benzene rings is 1. The van der Waals surface area contributed by atoms with Gasteiger partial charge in [0.15, 0.2) is 5.03 Å². The van der Waals surface area contributed by atoms with Crippen LogP contribution in [0.2, 0.25) is 0 Å². The van der Waals surface area contributed by atoms with Gasteiger partial charge in [-0.25, -0.2) is 9.78 Å². The summed E-state index contributed by atoms with van der Waals surface area (Å²) in [5.41, 5.74) is -0.316. The normalized spacial score (nSPS) is 17.2. The van der Waals surface area contributed by atoms with E-state index in [1.165, 1.54) is 12.1 Å². The third-order valence-corrected chi connectivity index (χ3v) is 6.10. The van der Waals surface area contributed by atoms with E-state index in [0.29, 0.717) is 24.2 Å². The van der Waals surface area contributed by atoms with E-state index in [2.05, 4.69) is 9.71 Å². The lowest BCUT2D eigenvalue weighted by Gasteiger charge is -2.24. The van der Waals surface area contributed by atoms with E-state index < -0.39 is 32.8 Å². The van der Waals surface area contributed by atoms with Gasteiger partial charge in [0.2, 0.25) is 0 Å². The fourth-order valence-electron chi connectivity index (χ4n) is 3.24. The number of hydrogen-bond donors (Lipinski definition) is 2. The number of cyclic esters (lactones) is 1. The van der Waals surface area contributed by atoms with Crippen molar-refractivity contribution in [1.29, 1.82) is 0 Å². The zero-order chi connectivity index (χ0) is 23.5. The number of aliphatic hydroxyl groups excluding tert-OH is 1. The van der Waals surface area contributed by atoms with Crippen LogP contribution in [-0.2, 0) is 32.2 Å². The molecule has 0 unspecified atom stereocenters. The quantitative estimate of drug-likeness (QED) is 0.582. The molecule has 0 saturated carbocycles. The van der Waals surface area contributed by atoms with Gasteiger partial charge in [-0.05, 0) is 36.2 Å². The van der Waals surface area contributed by atoms with Crippen LogP contribution in [0.15, 0.2) is 59.0 Å². The van der Waals surface area contributed by atoms with Crippen LogP contribution in [0.25, 0.3) is 0 Å². The molecule has 0 spiro atoms. The minimum Gasteiger partial charge on any atom is -0.512 e. The molecule has 0 aliphatic carbocycles. The van der Waals surface area contributed by atoms with Crippen molar-refractivity contribution >= 4 is 21.7 Å². The number of esters is 1. The Morgan fingerprint density at radius 3 is 2.59 bits per heavy atom. The fourth-order valence-corrected chi connectivity index (χ4v) is 4.22. The topological polar surface area (TPSA) is 106 Å². The fraction of sp³-hybridized carbons (Fsp3) is 0.333. The molecule has 1 aromatic heterocycles. The Balaban J connectivity index is 1.76. The molecule has 0 saturated heterocycles. The maximum atomic E-state index is 12.7. The Bertz CT molecular complexity index is 1130. The largest absolute Gasteiger partial charge is 0.512 e. The van der Waals surface area contributed by atoms with Crippen molar-refractivity contribution in [2.75, 3.05) is 4.72 Å². The molecule has 7 nitrogen and oxygen atoms in total. The number of carbonyl (C=O) groups is 1. The van der Waals surface area contributed by atoms with Crippen LogP contribution in [0.1, 0.15) is 37.3 Å². The number of ether oxygens (including phenoxy) is 1. The maximum Gasteiger partial charge on any atom is 0.417 e. The molecule has 2 heterocycles. The van der Waals surface area contributed by atoms with E-state index in [0.717, 1.165) is 12.5 Å². The second-order valence-corrected chi connectivity index (χ2v) is 8.94. The van der Waals surface area contributed by atoms with Gasteiger partial charge >= 0.3 is 12.1 Å². The van der Waals surface area contributed by atoms with E-state index in [1.807, 2.05) is 6.92 Å². The van der Waals surface area contributed by atoms with Crippen molar-refractivity contribution in [1.82, 2.24) is 4.98 Å². The van der Waals surface area contributed by atoms with E-state index in [-0.39, 0.29) is 36.0 Å². The smallest absolute Gasteiger partial charge is 0.417 e. The van der Waals surface area contributed by atoms with Gasteiger partial charge < -0.3 is 9.84 Å². The summed E-state index contributed by atoms with van der Waals surface area (Å²) in [5, 5.41) is 9.69. The predicted octanol–water partition coefficient (Wildman–Crippen LogP) is 4.37. The number of aliphatic hydroxyl groups is 1. The molecule has 32 heavy (non-hydrogen) atoms. The first kappa shape index (κ1) is 23.6. The van der Waals surface area contributed by atoms with Gasteiger partial charge in [0.25, 0.3) is 10.0 Å². The lowest BCUT2D eigenvalue weighted by atomic mass is 9.98. The van der Waals surface area contributed by atoms with Gasteiger partial charge in [0.05, 0.1) is 11.1 Å². The van der Waals surface area contributed by atoms with E-state index in [4.69, 9.17) is 4.74 Å². The minimum atomic E-state index is -4.63. The first-order valence-corrected chi connectivity index (χ1v) is 11.2. The highest BCUT2D eigenvalue weighted by Crippen LogP contribution is 2.29. The zero-order valence-corrected chi connectivity index (χ0v) is 17.8. The number of sulfonamides is 1. The number of nitrogens with one attached hydrogen (secondary N) is 1. The van der Waals surface area contributed by atoms with Crippen molar-refractivity contribution in [2.24, 2.45) is 0 Å². The van der Waals surface area contributed by atoms with Crippen molar-refractivity contribution in [3.63, 3.8) is 0 Å². The van der Waals surface area contributed by atoms with Crippen LogP contribution in [0, 0.1) is 0 Å². The third-order valence-electron chi connectivity index (χ3n) is 4.80. The molecule has 2 N–H and O–H groups in total. The highest BCUT2D eigenvalue weighted by molar-refractivity contribution is 7.92. The first-order chi connectivity index (χ1) is 15.0. The van der Waals surface area contributed by atoms with Crippen molar-refractivity contribution in [3.8, 4) is 0 Å². The highest BCUT2D eigenvalue weighted by atomic mass is 32.2. The molecule has 0 bridgehead atoms. The maximum absolute atomic E-state index is 12.7. The number of pyridine rings is 1. The molecule has 1 aliphatic heterocycles. The first-order valence-electron chi connectivity index (χ1n) is 9.76. The van der Waals surface area contributed by atoms with Gasteiger partial charge in [-0.2, -0.15) is 21.6 Å². The molecular weight excluding hydrogens is 449 g/mol. The third kappa shape index (κ3) is 5.58. The lowest BCUT2D eigenvalue weighted by Crippen LogP contribution is -2.27. The summed E-state index contributed by atoms with van der Waals surface area (Å²) >= 11 is 0. The Morgan fingerprint density at radius 2 is 2.00 bits per heavy atom. The molecule has 3 rings (SSSR count). The standard InChI is InChI=1S/C21H21F3N2O5S/c1-2-4-16-11-18(27)17(20(28)31-16)10-13-5-3-6-15(9-13)26-32(29,30)19-8-7-14(12-25-19)21(22,23)24/h3,5-9,12,16,26-27H,2,4,10-11H2,1H3/t16-/m0/s1. The average Bonchev–Trinajstić information content (AvgIpc) is 2.70. The van der Waals surface area contributed by atoms with E-state index in [1.54, 1.807) is 12.1 Å². The molecule has 0 amide bonds. The number of carbonyl (C=O) groups excluding carboxylic acids is 1. The number of alkyl halides is 3. The minimum absolute atomic E-state index is 0.0254. The second-order valence-electron chi connectivity index (χ2n) is 7.31. The Hall–Kier alpha value is -3.08. The summed E-state index contributed by atoms with van der Waals surface area (Å²) in [6.45, 7) is 1.94. The van der Waals surface area contributed by atoms with Crippen LogP contribution in [0.3, 0.4) is 0 Å². The number of anilines is 1. The van der Waals surface area contributed by atoms with Crippen LogP contribution in [-0.4, -0.2) is 30.6 Å². The van der Waals surface area contributed by atoms with Crippen molar-refractivity contribution < 1.29 is 36.2 Å². The molecule has 1 aliphatic rings. The van der Waals surface area contributed by atoms with Gasteiger partial charge in [-0.1, -0.05) is 25.5 Å². The Morgan fingerprint density at radius 1 is 1.25 bits per heavy atom. The van der Waals surface area contributed by atoms with Crippen LogP contribution >= 0.6 is 0 Å². The number of nitrogens with zero attached hydrogens (tertiary/aromatic N) is 1.